The molecule has 0 spiro atoms. The molecule has 1 aromatic rings. The Morgan fingerprint density at radius 3 is 2.02 bits per heavy atom. The average Bonchev–Trinajstić information content (AvgIpc) is 3.48. The molecular formula is C47H78NO10P. The predicted octanol–water partition coefficient (Wildman–Crippen LogP) is 11.1. The summed E-state index contributed by atoms with van der Waals surface area (Å²) >= 11 is 0. The first-order valence-electron chi connectivity index (χ1n) is 22.2. The summed E-state index contributed by atoms with van der Waals surface area (Å²) in [4.78, 5) is 35.0. The monoisotopic (exact) mass is 848 g/mol. The van der Waals surface area contributed by atoms with Crippen molar-refractivity contribution < 1.29 is 47.1 Å². The number of ether oxygens (including phenoxy) is 2. The summed E-state index contributed by atoms with van der Waals surface area (Å²) in [5.41, 5.74) is 7.98. The molecule has 1 heterocycles. The van der Waals surface area contributed by atoms with E-state index in [4.69, 9.17) is 28.7 Å². The molecule has 12 heteroatoms. The first-order chi connectivity index (χ1) is 28.5. The highest BCUT2D eigenvalue weighted by Crippen LogP contribution is 2.43. The number of esters is 2. The Morgan fingerprint density at radius 1 is 0.729 bits per heavy atom. The number of unbranched alkanes of at least 4 members (excludes halogenated alkanes) is 10. The van der Waals surface area contributed by atoms with E-state index in [0.29, 0.717) is 25.7 Å². The van der Waals surface area contributed by atoms with E-state index in [9.17, 15) is 24.2 Å². The van der Waals surface area contributed by atoms with Gasteiger partial charge in [0.1, 0.15) is 18.1 Å². The molecule has 0 bridgehead atoms. The van der Waals surface area contributed by atoms with Gasteiger partial charge in [0.05, 0.1) is 19.3 Å². The topological polar surface area (TPSA) is 168 Å². The van der Waals surface area contributed by atoms with Crippen molar-refractivity contribution in [1.82, 2.24) is 0 Å². The zero-order valence-corrected chi connectivity index (χ0v) is 37.7. The lowest BCUT2D eigenvalue weighted by Crippen LogP contribution is -2.29. The van der Waals surface area contributed by atoms with Crippen LogP contribution in [0.25, 0.3) is 0 Å². The van der Waals surface area contributed by atoms with Gasteiger partial charge in [-0.1, -0.05) is 126 Å². The van der Waals surface area contributed by atoms with E-state index < -0.39 is 38.6 Å². The Bertz CT molecular complexity index is 1450. The van der Waals surface area contributed by atoms with E-state index in [-0.39, 0.29) is 32.6 Å². The van der Waals surface area contributed by atoms with Gasteiger partial charge in [0.15, 0.2) is 6.10 Å². The lowest BCUT2D eigenvalue weighted by atomic mass is 10.0. The summed E-state index contributed by atoms with van der Waals surface area (Å²) in [6.07, 6.45) is 36.8. The number of carbonyl (C=O) groups is 2. The number of hydrogen-bond acceptors (Lipinski definition) is 10. The minimum atomic E-state index is -4.42. The number of carbonyl (C=O) groups excluding carboxylic acids is 2. The SMILES string of the molecule is CC/C=C\C/C=C\CC(O)/C=C/C=C\C/C=C\CCCC(=O)OC[C@H](COP(=O)(O)OCCN)OC(=O)CCCCCCCCCCc1oc(CCCCC)c(C)c1C. The van der Waals surface area contributed by atoms with E-state index in [1.54, 1.807) is 6.08 Å². The fourth-order valence-electron chi connectivity index (χ4n) is 6.11. The number of aryl methyl sites for hydroxylation is 2. The highest BCUT2D eigenvalue weighted by atomic mass is 31.2. The maximum atomic E-state index is 12.7. The summed E-state index contributed by atoms with van der Waals surface area (Å²) in [6.45, 7) is 7.73. The minimum Gasteiger partial charge on any atom is -0.466 e. The molecule has 0 aliphatic rings. The highest BCUT2D eigenvalue weighted by molar-refractivity contribution is 7.47. The maximum Gasteiger partial charge on any atom is 0.472 e. The Kier molecular flexibility index (Phi) is 32.6. The number of allylic oxidation sites excluding steroid dienone is 8. The lowest BCUT2D eigenvalue weighted by molar-refractivity contribution is -0.161. The smallest absolute Gasteiger partial charge is 0.466 e. The third-order valence-corrected chi connectivity index (χ3v) is 10.7. The fourth-order valence-corrected chi connectivity index (χ4v) is 6.87. The molecule has 4 N–H and O–H groups in total. The zero-order valence-electron chi connectivity index (χ0n) is 36.8. The van der Waals surface area contributed by atoms with Crippen LogP contribution in [0.5, 0.6) is 0 Å². The Hall–Kier alpha value is -3.05. The molecule has 0 saturated carbocycles. The van der Waals surface area contributed by atoms with Crippen LogP contribution in [0, 0.1) is 13.8 Å². The molecule has 0 saturated heterocycles. The van der Waals surface area contributed by atoms with Gasteiger partial charge in [-0.2, -0.15) is 0 Å². The van der Waals surface area contributed by atoms with Gasteiger partial charge in [0.2, 0.25) is 0 Å². The molecule has 0 aromatic carbocycles. The van der Waals surface area contributed by atoms with Crippen molar-refractivity contribution in [1.29, 1.82) is 0 Å². The molecule has 1 rings (SSSR count). The van der Waals surface area contributed by atoms with E-state index in [1.807, 2.05) is 42.5 Å². The van der Waals surface area contributed by atoms with Gasteiger partial charge in [-0.25, -0.2) is 4.57 Å². The van der Waals surface area contributed by atoms with Gasteiger partial charge in [0.25, 0.3) is 0 Å². The number of aliphatic hydroxyl groups excluding tert-OH is 1. The quantitative estimate of drug-likeness (QED) is 0.0192. The van der Waals surface area contributed by atoms with E-state index in [0.717, 1.165) is 75.7 Å². The van der Waals surface area contributed by atoms with Crippen LogP contribution in [0.2, 0.25) is 0 Å². The molecular weight excluding hydrogens is 769 g/mol. The highest BCUT2D eigenvalue weighted by Gasteiger charge is 2.26. The van der Waals surface area contributed by atoms with Gasteiger partial charge in [-0.05, 0) is 82.8 Å². The molecule has 336 valence electrons. The molecule has 59 heavy (non-hydrogen) atoms. The summed E-state index contributed by atoms with van der Waals surface area (Å²) in [7, 11) is -4.42. The molecule has 0 aliphatic heterocycles. The van der Waals surface area contributed by atoms with Crippen molar-refractivity contribution in [3.8, 4) is 0 Å². The second kappa shape index (κ2) is 35.7. The fraction of sp³-hybridized carbons (Fsp3) is 0.660. The second-order valence-corrected chi connectivity index (χ2v) is 16.4. The van der Waals surface area contributed by atoms with Crippen LogP contribution in [0.1, 0.15) is 158 Å². The molecule has 1 aromatic heterocycles. The molecule has 2 unspecified atom stereocenters. The van der Waals surface area contributed by atoms with Crippen LogP contribution in [0.4, 0.5) is 0 Å². The standard InChI is InChI=1S/C47H78NO10P/c1-5-7-9-10-19-25-30-42(49)31-26-20-15-11-13-17-22-28-34-46(50)54-38-43(39-56-59(52,53)55-37-36-48)57-47(51)35-29-23-18-14-12-16-21-27-33-45-41(4)40(3)44(58-45)32-24-8-6-2/h7,9,13,15,17,19-20,25-26,31,42-43,49H,5-6,8,10-12,14,16,18,21-24,27-30,32-39,48H2,1-4H3,(H,52,53)/b9-7-,17-13-,20-15-,25-19-,31-26+/t42?,43-/m1/s1. The van der Waals surface area contributed by atoms with Crippen molar-refractivity contribution in [3.63, 3.8) is 0 Å². The summed E-state index contributed by atoms with van der Waals surface area (Å²) in [5.74, 6) is 1.35. The van der Waals surface area contributed by atoms with E-state index >= 15 is 0 Å². The predicted molar refractivity (Wildman–Crippen MR) is 238 cm³/mol. The van der Waals surface area contributed by atoms with Crippen molar-refractivity contribution in [2.45, 2.75) is 175 Å². The largest absolute Gasteiger partial charge is 0.472 e. The van der Waals surface area contributed by atoms with Crippen molar-refractivity contribution in [2.75, 3.05) is 26.4 Å². The van der Waals surface area contributed by atoms with E-state index in [2.05, 4.69) is 39.8 Å². The molecule has 0 amide bonds. The Balaban J connectivity index is 2.33. The number of furan rings is 1. The second-order valence-electron chi connectivity index (χ2n) is 15.0. The van der Waals surface area contributed by atoms with Crippen molar-refractivity contribution >= 4 is 19.8 Å². The van der Waals surface area contributed by atoms with Gasteiger partial charge in [-0.15, -0.1) is 0 Å². The van der Waals surface area contributed by atoms with Crippen LogP contribution in [0.15, 0.2) is 65.2 Å². The summed E-state index contributed by atoms with van der Waals surface area (Å²) in [6, 6.07) is 0. The third kappa shape index (κ3) is 29.8. The first-order valence-corrected chi connectivity index (χ1v) is 23.7. The van der Waals surface area contributed by atoms with Gasteiger partial charge < -0.3 is 29.6 Å². The van der Waals surface area contributed by atoms with E-state index in [1.165, 1.54) is 43.2 Å². The van der Waals surface area contributed by atoms with Crippen LogP contribution in [-0.2, 0) is 45.5 Å². The van der Waals surface area contributed by atoms with Crippen molar-refractivity contribution in [2.24, 2.45) is 5.73 Å². The van der Waals surface area contributed by atoms with Gasteiger partial charge >= 0.3 is 19.8 Å². The summed E-state index contributed by atoms with van der Waals surface area (Å²) in [5, 5.41) is 10.0. The first kappa shape index (κ1) is 54.0. The van der Waals surface area contributed by atoms with Gasteiger partial charge in [0, 0.05) is 32.2 Å². The lowest BCUT2D eigenvalue weighted by Gasteiger charge is -2.19. The van der Waals surface area contributed by atoms with Gasteiger partial charge in [-0.3, -0.25) is 18.6 Å². The van der Waals surface area contributed by atoms with Crippen molar-refractivity contribution in [3.05, 3.63) is 83.4 Å². The molecule has 0 radical (unpaired) electrons. The number of rotatable bonds is 37. The Labute approximate surface area is 356 Å². The maximum absolute atomic E-state index is 12.7. The molecule has 11 nitrogen and oxygen atoms in total. The normalized spacial score (nSPS) is 14.4. The average molecular weight is 848 g/mol. The zero-order chi connectivity index (χ0) is 43.4. The number of aliphatic hydroxyl groups is 1. The Morgan fingerprint density at radius 2 is 1.34 bits per heavy atom. The van der Waals surface area contributed by atoms with Crippen LogP contribution in [-0.4, -0.2) is 60.5 Å². The third-order valence-electron chi connectivity index (χ3n) is 9.70. The minimum absolute atomic E-state index is 0.0273. The number of phosphoric acid groups is 1. The van der Waals surface area contributed by atoms with Crippen LogP contribution in [0.3, 0.4) is 0 Å². The van der Waals surface area contributed by atoms with Crippen LogP contribution < -0.4 is 5.73 Å². The molecule has 0 aliphatic carbocycles. The number of hydrogen-bond donors (Lipinski definition) is 3. The molecule has 0 fully saturated rings. The molecule has 3 atom stereocenters. The van der Waals surface area contributed by atoms with Crippen LogP contribution >= 0.6 is 7.82 Å². The number of nitrogens with two attached hydrogens (primary N) is 1. The number of phosphoric ester groups is 1. The summed E-state index contributed by atoms with van der Waals surface area (Å²) < 4.78 is 39.0.